The molecule has 0 saturated heterocycles. The Hall–Kier alpha value is -2.49. The van der Waals surface area contributed by atoms with Crippen LogP contribution in [-0.2, 0) is 11.2 Å². The molecule has 1 N–H and O–H groups in total. The number of rotatable bonds is 9. The van der Waals surface area contributed by atoms with Crippen molar-refractivity contribution in [1.29, 1.82) is 0 Å². The van der Waals surface area contributed by atoms with Gasteiger partial charge in [-0.25, -0.2) is 0 Å². The Labute approximate surface area is 150 Å². The molecule has 0 atom stereocenters. The van der Waals surface area contributed by atoms with Gasteiger partial charge in [0.25, 0.3) is 5.91 Å². The summed E-state index contributed by atoms with van der Waals surface area (Å²) in [6.45, 7) is 4.91. The molecule has 0 aromatic heterocycles. The van der Waals surface area contributed by atoms with Gasteiger partial charge in [-0.05, 0) is 48.1 Å². The number of ether oxygens (including phenoxy) is 2. The van der Waals surface area contributed by atoms with E-state index in [0.717, 1.165) is 29.9 Å². The minimum atomic E-state index is -0.0895. The predicted molar refractivity (Wildman–Crippen MR) is 100 cm³/mol. The normalized spacial score (nSPS) is 10.6. The summed E-state index contributed by atoms with van der Waals surface area (Å²) in [6.07, 6.45) is 1.81. The van der Waals surface area contributed by atoms with Gasteiger partial charge in [0.05, 0.1) is 7.11 Å². The number of carbonyl (C=O) groups excluding carboxylic acids is 1. The third-order valence-corrected chi connectivity index (χ3v) is 4.02. The molecule has 2 rings (SSSR count). The molecule has 0 aliphatic heterocycles. The van der Waals surface area contributed by atoms with Crippen LogP contribution in [0.25, 0.3) is 0 Å². The van der Waals surface area contributed by atoms with Gasteiger partial charge in [0.15, 0.2) is 6.61 Å². The van der Waals surface area contributed by atoms with Crippen LogP contribution in [0.4, 0.5) is 0 Å². The summed E-state index contributed by atoms with van der Waals surface area (Å²) in [4.78, 5) is 11.9. The molecule has 4 nitrogen and oxygen atoms in total. The van der Waals surface area contributed by atoms with Crippen molar-refractivity contribution in [1.82, 2.24) is 5.32 Å². The Kier molecular flexibility index (Phi) is 7.33. The molecule has 0 aliphatic rings. The monoisotopic (exact) mass is 341 g/mol. The third kappa shape index (κ3) is 6.14. The Bertz CT molecular complexity index is 665. The molecule has 0 unspecified atom stereocenters. The molecule has 0 fully saturated rings. The lowest BCUT2D eigenvalue weighted by Crippen LogP contribution is -2.30. The number of nitrogens with one attached hydrogen (secondary N) is 1. The Morgan fingerprint density at radius 3 is 2.48 bits per heavy atom. The lowest BCUT2D eigenvalue weighted by molar-refractivity contribution is -0.123. The topological polar surface area (TPSA) is 47.6 Å². The molecule has 4 heteroatoms. The predicted octanol–water partition coefficient (Wildman–Crippen LogP) is 3.95. The second-order valence-electron chi connectivity index (χ2n) is 6.28. The third-order valence-electron chi connectivity index (χ3n) is 4.02. The molecular weight excluding hydrogens is 314 g/mol. The molecule has 0 bridgehead atoms. The number of para-hydroxylation sites is 1. The van der Waals surface area contributed by atoms with Crippen LogP contribution in [0.15, 0.2) is 48.5 Å². The fraction of sp³-hybridized carbons (Fsp3) is 0.381. The number of benzene rings is 2. The van der Waals surface area contributed by atoms with E-state index in [0.29, 0.717) is 12.5 Å². The van der Waals surface area contributed by atoms with Crippen molar-refractivity contribution in [3.8, 4) is 11.5 Å². The maximum absolute atomic E-state index is 11.9. The van der Waals surface area contributed by atoms with Gasteiger partial charge in [-0.1, -0.05) is 44.2 Å². The Balaban J connectivity index is 1.69. The van der Waals surface area contributed by atoms with Gasteiger partial charge in [-0.15, -0.1) is 0 Å². The molecule has 0 saturated carbocycles. The number of aryl methyl sites for hydroxylation is 1. The fourth-order valence-electron chi connectivity index (χ4n) is 2.60. The van der Waals surface area contributed by atoms with E-state index in [1.807, 2.05) is 48.5 Å². The molecular formula is C21H27NO3. The summed E-state index contributed by atoms with van der Waals surface area (Å²) in [5.41, 5.74) is 2.35. The lowest BCUT2D eigenvalue weighted by atomic mass is 10.0. The summed E-state index contributed by atoms with van der Waals surface area (Å²) < 4.78 is 10.8. The maximum atomic E-state index is 11.9. The molecule has 0 radical (unpaired) electrons. The summed E-state index contributed by atoms with van der Waals surface area (Å²) in [6, 6.07) is 15.9. The van der Waals surface area contributed by atoms with Crippen molar-refractivity contribution in [3.63, 3.8) is 0 Å². The van der Waals surface area contributed by atoms with Crippen molar-refractivity contribution in [2.45, 2.75) is 32.6 Å². The van der Waals surface area contributed by atoms with E-state index in [1.165, 1.54) is 5.56 Å². The standard InChI is InChI=1S/C21H27NO3/c1-16(2)19-8-4-5-9-20(19)25-15-21(23)22-14-6-7-17-10-12-18(24-3)13-11-17/h4-5,8-13,16H,6-7,14-15H2,1-3H3,(H,22,23). The number of hydrogen-bond acceptors (Lipinski definition) is 3. The zero-order chi connectivity index (χ0) is 18.1. The molecule has 2 aromatic rings. The summed E-state index contributed by atoms with van der Waals surface area (Å²) >= 11 is 0. The number of methoxy groups -OCH3 is 1. The molecule has 0 spiro atoms. The first kappa shape index (κ1) is 18.8. The number of hydrogen-bond donors (Lipinski definition) is 1. The molecule has 0 aliphatic carbocycles. The second kappa shape index (κ2) is 9.72. The minimum absolute atomic E-state index is 0.0479. The number of carbonyl (C=O) groups is 1. The van der Waals surface area contributed by atoms with Gasteiger partial charge >= 0.3 is 0 Å². The van der Waals surface area contributed by atoms with Gasteiger partial charge in [0, 0.05) is 6.54 Å². The molecule has 0 heterocycles. The van der Waals surface area contributed by atoms with Crippen LogP contribution in [0.3, 0.4) is 0 Å². The second-order valence-corrected chi connectivity index (χ2v) is 6.28. The Morgan fingerprint density at radius 1 is 1.08 bits per heavy atom. The van der Waals surface area contributed by atoms with E-state index in [1.54, 1.807) is 7.11 Å². The van der Waals surface area contributed by atoms with Gasteiger partial charge in [0.2, 0.25) is 0 Å². The average molecular weight is 341 g/mol. The molecule has 134 valence electrons. The van der Waals surface area contributed by atoms with E-state index < -0.39 is 0 Å². The van der Waals surface area contributed by atoms with Gasteiger partial charge < -0.3 is 14.8 Å². The van der Waals surface area contributed by atoms with E-state index in [9.17, 15) is 4.79 Å². The summed E-state index contributed by atoms with van der Waals surface area (Å²) in [5.74, 6) is 1.92. The fourth-order valence-corrected chi connectivity index (χ4v) is 2.60. The summed E-state index contributed by atoms with van der Waals surface area (Å²) in [7, 11) is 1.66. The van der Waals surface area contributed by atoms with Crippen molar-refractivity contribution >= 4 is 5.91 Å². The Morgan fingerprint density at radius 2 is 1.80 bits per heavy atom. The van der Waals surface area contributed by atoms with Crippen molar-refractivity contribution in [2.75, 3.05) is 20.3 Å². The van der Waals surface area contributed by atoms with E-state index >= 15 is 0 Å². The maximum Gasteiger partial charge on any atom is 0.257 e. The lowest BCUT2D eigenvalue weighted by Gasteiger charge is -2.13. The first-order valence-electron chi connectivity index (χ1n) is 8.71. The van der Waals surface area contributed by atoms with Gasteiger partial charge in [0.1, 0.15) is 11.5 Å². The largest absolute Gasteiger partial charge is 0.497 e. The first-order valence-corrected chi connectivity index (χ1v) is 8.71. The zero-order valence-electron chi connectivity index (χ0n) is 15.2. The van der Waals surface area contributed by atoms with Crippen LogP contribution in [0.1, 0.15) is 37.3 Å². The van der Waals surface area contributed by atoms with Crippen molar-refractivity contribution < 1.29 is 14.3 Å². The first-order chi connectivity index (χ1) is 12.1. The van der Waals surface area contributed by atoms with Crippen LogP contribution in [-0.4, -0.2) is 26.2 Å². The minimum Gasteiger partial charge on any atom is -0.497 e. The molecule has 2 aromatic carbocycles. The smallest absolute Gasteiger partial charge is 0.257 e. The SMILES string of the molecule is COc1ccc(CCCNC(=O)COc2ccccc2C(C)C)cc1. The van der Waals surface area contributed by atoms with E-state index in [4.69, 9.17) is 9.47 Å². The van der Waals surface area contributed by atoms with Crippen LogP contribution in [0, 0.1) is 0 Å². The van der Waals surface area contributed by atoms with E-state index in [2.05, 4.69) is 19.2 Å². The quantitative estimate of drug-likeness (QED) is 0.703. The highest BCUT2D eigenvalue weighted by atomic mass is 16.5. The van der Waals surface area contributed by atoms with Crippen LogP contribution < -0.4 is 14.8 Å². The zero-order valence-corrected chi connectivity index (χ0v) is 15.2. The van der Waals surface area contributed by atoms with E-state index in [-0.39, 0.29) is 12.5 Å². The average Bonchev–Trinajstić information content (AvgIpc) is 2.64. The van der Waals surface area contributed by atoms with Crippen LogP contribution in [0.5, 0.6) is 11.5 Å². The van der Waals surface area contributed by atoms with Crippen LogP contribution in [0.2, 0.25) is 0 Å². The van der Waals surface area contributed by atoms with Crippen LogP contribution >= 0.6 is 0 Å². The number of amides is 1. The highest BCUT2D eigenvalue weighted by Gasteiger charge is 2.08. The highest BCUT2D eigenvalue weighted by molar-refractivity contribution is 5.77. The molecule has 25 heavy (non-hydrogen) atoms. The van der Waals surface area contributed by atoms with Gasteiger partial charge in [-0.3, -0.25) is 4.79 Å². The van der Waals surface area contributed by atoms with Gasteiger partial charge in [-0.2, -0.15) is 0 Å². The highest BCUT2D eigenvalue weighted by Crippen LogP contribution is 2.25. The van der Waals surface area contributed by atoms with Crippen molar-refractivity contribution in [3.05, 3.63) is 59.7 Å². The van der Waals surface area contributed by atoms with Crippen molar-refractivity contribution in [2.24, 2.45) is 0 Å². The summed E-state index contributed by atoms with van der Waals surface area (Å²) in [5, 5.41) is 2.91. The molecule has 1 amide bonds.